The van der Waals surface area contributed by atoms with E-state index in [1.165, 1.54) is 23.3 Å². The molecule has 22 heavy (non-hydrogen) atoms. The lowest BCUT2D eigenvalue weighted by Crippen LogP contribution is -2.27. The Labute approximate surface area is 134 Å². The minimum Gasteiger partial charge on any atom is -0.352 e. The van der Waals surface area contributed by atoms with Crippen LogP contribution >= 0.6 is 11.3 Å². The van der Waals surface area contributed by atoms with E-state index in [2.05, 4.69) is 17.6 Å². The van der Waals surface area contributed by atoms with Crippen molar-refractivity contribution >= 4 is 28.2 Å². The molecule has 1 atom stereocenters. The zero-order chi connectivity index (χ0) is 15.3. The van der Waals surface area contributed by atoms with Gasteiger partial charge in [0, 0.05) is 17.3 Å². The summed E-state index contributed by atoms with van der Waals surface area (Å²) in [4.78, 5) is 26.1. The fourth-order valence-electron chi connectivity index (χ4n) is 3.21. The van der Waals surface area contributed by atoms with Crippen molar-refractivity contribution in [3.63, 3.8) is 0 Å². The highest BCUT2D eigenvalue weighted by Crippen LogP contribution is 2.45. The number of hydrogen-bond donors (Lipinski definition) is 2. The maximum atomic E-state index is 12.7. The second-order valence-corrected chi connectivity index (χ2v) is 8.10. The maximum absolute atomic E-state index is 12.7. The first kappa shape index (κ1) is 14.2. The van der Waals surface area contributed by atoms with E-state index in [0.29, 0.717) is 11.8 Å². The van der Waals surface area contributed by atoms with E-state index in [-0.39, 0.29) is 17.7 Å². The summed E-state index contributed by atoms with van der Waals surface area (Å²) in [5.41, 5.74) is 1.93. The van der Waals surface area contributed by atoms with Crippen LogP contribution in [0, 0.1) is 11.8 Å². The standard InChI is InChI=1S/C17H22N2O2S/c1-9-2-7-12-13(9)14(16(21)18-8-10-3-4-10)17(22-12)19-15(20)11-5-6-11/h9-11H,2-8H2,1H3,(H,18,21)(H,19,20). The highest BCUT2D eigenvalue weighted by atomic mass is 32.1. The number of rotatable bonds is 5. The predicted molar refractivity (Wildman–Crippen MR) is 87.5 cm³/mol. The normalized spacial score (nSPS) is 23.2. The lowest BCUT2D eigenvalue weighted by Gasteiger charge is -2.11. The molecule has 5 heteroatoms. The van der Waals surface area contributed by atoms with Gasteiger partial charge in [-0.3, -0.25) is 9.59 Å². The Bertz CT molecular complexity index is 629. The molecule has 1 aromatic rings. The average molecular weight is 318 g/mol. The summed E-state index contributed by atoms with van der Waals surface area (Å²) in [6, 6.07) is 0. The van der Waals surface area contributed by atoms with Gasteiger partial charge in [-0.1, -0.05) is 6.92 Å². The van der Waals surface area contributed by atoms with Crippen molar-refractivity contribution in [3.05, 3.63) is 16.0 Å². The van der Waals surface area contributed by atoms with Crippen molar-refractivity contribution in [2.45, 2.75) is 51.4 Å². The van der Waals surface area contributed by atoms with E-state index in [1.54, 1.807) is 11.3 Å². The molecular formula is C17H22N2O2S. The summed E-state index contributed by atoms with van der Waals surface area (Å²) in [7, 11) is 0. The summed E-state index contributed by atoms with van der Waals surface area (Å²) in [5, 5.41) is 6.88. The Kier molecular flexibility index (Phi) is 3.48. The molecule has 1 heterocycles. The van der Waals surface area contributed by atoms with E-state index in [4.69, 9.17) is 0 Å². The van der Waals surface area contributed by atoms with Gasteiger partial charge in [0.25, 0.3) is 5.91 Å². The third kappa shape index (κ3) is 2.67. The zero-order valence-corrected chi connectivity index (χ0v) is 13.7. The molecule has 4 rings (SSSR count). The summed E-state index contributed by atoms with van der Waals surface area (Å²) < 4.78 is 0. The Balaban J connectivity index is 1.60. The summed E-state index contributed by atoms with van der Waals surface area (Å²) in [6.45, 7) is 2.95. The van der Waals surface area contributed by atoms with Gasteiger partial charge in [-0.2, -0.15) is 0 Å². The summed E-state index contributed by atoms with van der Waals surface area (Å²) in [5.74, 6) is 1.34. The maximum Gasteiger partial charge on any atom is 0.254 e. The lowest BCUT2D eigenvalue weighted by atomic mass is 10.0. The number of nitrogens with one attached hydrogen (secondary N) is 2. The van der Waals surface area contributed by atoms with Crippen LogP contribution in [0.5, 0.6) is 0 Å². The Morgan fingerprint density at radius 2 is 1.95 bits per heavy atom. The molecule has 0 aliphatic heterocycles. The van der Waals surface area contributed by atoms with Gasteiger partial charge >= 0.3 is 0 Å². The van der Waals surface area contributed by atoms with Gasteiger partial charge in [-0.05, 0) is 55.9 Å². The molecule has 0 spiro atoms. The van der Waals surface area contributed by atoms with Crippen LogP contribution in [0.2, 0.25) is 0 Å². The molecule has 2 amide bonds. The molecule has 2 fully saturated rings. The molecule has 0 bridgehead atoms. The van der Waals surface area contributed by atoms with E-state index in [9.17, 15) is 9.59 Å². The van der Waals surface area contributed by atoms with E-state index >= 15 is 0 Å². The number of hydrogen-bond acceptors (Lipinski definition) is 3. The molecule has 2 N–H and O–H groups in total. The van der Waals surface area contributed by atoms with Crippen LogP contribution in [0.3, 0.4) is 0 Å². The number of carbonyl (C=O) groups is 2. The van der Waals surface area contributed by atoms with Crippen LogP contribution in [0.25, 0.3) is 0 Å². The van der Waals surface area contributed by atoms with Crippen LogP contribution in [0.4, 0.5) is 5.00 Å². The molecule has 1 unspecified atom stereocenters. The second-order valence-electron chi connectivity index (χ2n) is 7.00. The monoisotopic (exact) mass is 318 g/mol. The van der Waals surface area contributed by atoms with Gasteiger partial charge in [0.05, 0.1) is 5.56 Å². The van der Waals surface area contributed by atoms with Crippen LogP contribution in [-0.2, 0) is 11.2 Å². The van der Waals surface area contributed by atoms with Crippen LogP contribution < -0.4 is 10.6 Å². The van der Waals surface area contributed by atoms with Crippen molar-refractivity contribution in [1.82, 2.24) is 5.32 Å². The third-order valence-electron chi connectivity index (χ3n) is 4.98. The van der Waals surface area contributed by atoms with Crippen LogP contribution in [0.1, 0.15) is 65.7 Å². The van der Waals surface area contributed by atoms with Gasteiger partial charge in [0.1, 0.15) is 5.00 Å². The number of anilines is 1. The number of fused-ring (bicyclic) bond motifs is 1. The first-order valence-corrected chi connectivity index (χ1v) is 9.19. The molecule has 0 radical (unpaired) electrons. The van der Waals surface area contributed by atoms with Crippen molar-refractivity contribution < 1.29 is 9.59 Å². The molecule has 0 aromatic carbocycles. The average Bonchev–Trinajstić information content (AvgIpc) is 3.39. The van der Waals surface area contributed by atoms with Crippen molar-refractivity contribution in [2.75, 3.05) is 11.9 Å². The highest BCUT2D eigenvalue weighted by molar-refractivity contribution is 7.17. The third-order valence-corrected chi connectivity index (χ3v) is 6.16. The van der Waals surface area contributed by atoms with Gasteiger partial charge in [0.2, 0.25) is 5.91 Å². The summed E-state index contributed by atoms with van der Waals surface area (Å²) in [6.07, 6.45) is 6.56. The Hall–Kier alpha value is -1.36. The van der Waals surface area contributed by atoms with Gasteiger partial charge < -0.3 is 10.6 Å². The SMILES string of the molecule is CC1CCc2sc(NC(=O)C3CC3)c(C(=O)NCC3CC3)c21. The van der Waals surface area contributed by atoms with E-state index in [0.717, 1.165) is 42.8 Å². The van der Waals surface area contributed by atoms with Gasteiger partial charge in [0.15, 0.2) is 0 Å². The second kappa shape index (κ2) is 5.37. The lowest BCUT2D eigenvalue weighted by molar-refractivity contribution is -0.117. The number of aryl methyl sites for hydroxylation is 1. The fourth-order valence-corrected chi connectivity index (χ4v) is 4.55. The van der Waals surface area contributed by atoms with Gasteiger partial charge in [-0.25, -0.2) is 0 Å². The molecule has 1 aromatic heterocycles. The fraction of sp³-hybridized carbons (Fsp3) is 0.647. The van der Waals surface area contributed by atoms with Crippen molar-refractivity contribution in [2.24, 2.45) is 11.8 Å². The quantitative estimate of drug-likeness (QED) is 0.875. The molecule has 2 saturated carbocycles. The molecule has 0 saturated heterocycles. The first-order chi connectivity index (χ1) is 10.6. The van der Waals surface area contributed by atoms with Crippen molar-refractivity contribution in [3.8, 4) is 0 Å². The molecule has 118 valence electrons. The molecule has 3 aliphatic carbocycles. The summed E-state index contributed by atoms with van der Waals surface area (Å²) >= 11 is 1.61. The zero-order valence-electron chi connectivity index (χ0n) is 12.9. The molecule has 3 aliphatic rings. The minimum atomic E-state index is 0.00393. The van der Waals surface area contributed by atoms with Gasteiger partial charge in [-0.15, -0.1) is 11.3 Å². The van der Waals surface area contributed by atoms with E-state index in [1.807, 2.05) is 0 Å². The molecule has 4 nitrogen and oxygen atoms in total. The van der Waals surface area contributed by atoms with Crippen molar-refractivity contribution in [1.29, 1.82) is 0 Å². The predicted octanol–water partition coefficient (Wildman–Crippen LogP) is 3.29. The number of carbonyl (C=O) groups excluding carboxylic acids is 2. The largest absolute Gasteiger partial charge is 0.352 e. The highest BCUT2D eigenvalue weighted by Gasteiger charge is 2.35. The smallest absolute Gasteiger partial charge is 0.254 e. The Morgan fingerprint density at radius 3 is 2.64 bits per heavy atom. The van der Waals surface area contributed by atoms with Crippen LogP contribution in [-0.4, -0.2) is 18.4 Å². The van der Waals surface area contributed by atoms with E-state index < -0.39 is 0 Å². The van der Waals surface area contributed by atoms with Crippen LogP contribution in [0.15, 0.2) is 0 Å². The minimum absolute atomic E-state index is 0.00393. The molecular weight excluding hydrogens is 296 g/mol. The number of amides is 2. The topological polar surface area (TPSA) is 58.2 Å². The number of thiophene rings is 1. The Morgan fingerprint density at radius 1 is 1.18 bits per heavy atom. The first-order valence-electron chi connectivity index (χ1n) is 8.38.